The van der Waals surface area contributed by atoms with Crippen LogP contribution in [-0.4, -0.2) is 37.0 Å². The molecule has 1 aromatic heterocycles. The number of aryl methyl sites for hydroxylation is 2. The third kappa shape index (κ3) is 2.08. The first kappa shape index (κ1) is 14.0. The van der Waals surface area contributed by atoms with Crippen molar-refractivity contribution in [1.82, 2.24) is 9.46 Å². The molecule has 112 valence electrons. The molecule has 0 spiro atoms. The Morgan fingerprint density at radius 1 is 1.30 bits per heavy atom. The zero-order valence-electron chi connectivity index (χ0n) is 11.9. The summed E-state index contributed by atoms with van der Waals surface area (Å²) < 4.78 is 32.1. The zero-order chi connectivity index (χ0) is 14.5. The molecule has 0 aromatic carbocycles. The van der Waals surface area contributed by atoms with Gasteiger partial charge < -0.3 is 10.3 Å². The number of nitrogens with zero attached hydrogens (tertiary/aromatic N) is 2. The second-order valence-electron chi connectivity index (χ2n) is 5.99. The van der Waals surface area contributed by atoms with Crippen molar-refractivity contribution in [2.24, 2.45) is 17.6 Å². The number of nitrogens with two attached hydrogens (primary N) is 1. The van der Waals surface area contributed by atoms with E-state index in [-0.39, 0.29) is 10.9 Å². The summed E-state index contributed by atoms with van der Waals surface area (Å²) in [5, 5.41) is 3.75. The third-order valence-corrected chi connectivity index (χ3v) is 6.76. The highest BCUT2D eigenvalue weighted by Crippen LogP contribution is 2.38. The minimum Gasteiger partial charge on any atom is -0.360 e. The van der Waals surface area contributed by atoms with Gasteiger partial charge in [0.15, 0.2) is 5.76 Å². The smallest absolute Gasteiger partial charge is 0.248 e. The van der Waals surface area contributed by atoms with Crippen LogP contribution in [-0.2, 0) is 10.0 Å². The molecule has 2 heterocycles. The van der Waals surface area contributed by atoms with Gasteiger partial charge in [-0.15, -0.1) is 0 Å². The van der Waals surface area contributed by atoms with E-state index >= 15 is 0 Å². The predicted molar refractivity (Wildman–Crippen MR) is 73.5 cm³/mol. The Balaban J connectivity index is 1.90. The van der Waals surface area contributed by atoms with E-state index in [1.807, 2.05) is 0 Å². The minimum atomic E-state index is -3.52. The van der Waals surface area contributed by atoms with Crippen LogP contribution < -0.4 is 5.73 Å². The molecule has 1 aliphatic carbocycles. The number of hydrogen-bond acceptors (Lipinski definition) is 5. The van der Waals surface area contributed by atoms with Gasteiger partial charge in [0.25, 0.3) is 0 Å². The second kappa shape index (κ2) is 4.82. The van der Waals surface area contributed by atoms with Gasteiger partial charge in [-0.25, -0.2) is 8.42 Å². The Kier molecular flexibility index (Phi) is 3.38. The number of aromatic nitrogens is 1. The summed E-state index contributed by atoms with van der Waals surface area (Å²) in [5.74, 6) is 1.05. The lowest BCUT2D eigenvalue weighted by Crippen LogP contribution is -2.38. The Bertz CT molecular complexity index is 591. The minimum absolute atomic E-state index is 0.124. The monoisotopic (exact) mass is 299 g/mol. The van der Waals surface area contributed by atoms with Gasteiger partial charge in [-0.3, -0.25) is 0 Å². The van der Waals surface area contributed by atoms with Crippen LogP contribution in [0.4, 0.5) is 0 Å². The molecule has 20 heavy (non-hydrogen) atoms. The number of rotatable bonds is 2. The van der Waals surface area contributed by atoms with Gasteiger partial charge in [-0.2, -0.15) is 4.31 Å². The Morgan fingerprint density at radius 2 is 2.05 bits per heavy atom. The molecule has 2 aliphatic rings. The molecule has 1 aliphatic heterocycles. The Labute approximate surface area is 119 Å². The molecule has 3 rings (SSSR count). The summed E-state index contributed by atoms with van der Waals surface area (Å²) in [6, 6.07) is 0.124. The van der Waals surface area contributed by atoms with Crippen LogP contribution in [0, 0.1) is 25.7 Å². The largest absolute Gasteiger partial charge is 0.360 e. The fraction of sp³-hybridized carbons (Fsp3) is 0.769. The lowest BCUT2D eigenvalue weighted by Gasteiger charge is -2.29. The molecule has 1 aromatic rings. The highest BCUT2D eigenvalue weighted by Gasteiger charge is 2.44. The highest BCUT2D eigenvalue weighted by atomic mass is 32.2. The summed E-state index contributed by atoms with van der Waals surface area (Å²) >= 11 is 0. The number of sulfonamides is 1. The van der Waals surface area contributed by atoms with Crippen molar-refractivity contribution < 1.29 is 12.9 Å². The first-order valence-corrected chi connectivity index (χ1v) is 8.54. The molecule has 2 N–H and O–H groups in total. The van der Waals surface area contributed by atoms with Gasteiger partial charge in [0.1, 0.15) is 10.6 Å². The molecule has 0 amide bonds. The average Bonchev–Trinajstić information content (AvgIpc) is 2.95. The van der Waals surface area contributed by atoms with E-state index in [0.717, 1.165) is 19.3 Å². The van der Waals surface area contributed by atoms with Crippen LogP contribution in [0.25, 0.3) is 0 Å². The summed E-state index contributed by atoms with van der Waals surface area (Å²) in [7, 11) is -3.52. The van der Waals surface area contributed by atoms with E-state index in [4.69, 9.17) is 10.3 Å². The fourth-order valence-corrected chi connectivity index (χ4v) is 5.47. The maximum absolute atomic E-state index is 12.8. The standard InChI is InChI=1S/C13H21N3O3S/c1-8-13(9(2)19-15-8)20(17,18)16-6-10-4-3-5-12(14)11(10)7-16/h10-12H,3-7,14H2,1-2H3. The first-order chi connectivity index (χ1) is 9.41. The van der Waals surface area contributed by atoms with Gasteiger partial charge in [0.2, 0.25) is 10.0 Å². The molecule has 0 radical (unpaired) electrons. The van der Waals surface area contributed by atoms with Crippen LogP contribution >= 0.6 is 0 Å². The third-order valence-electron chi connectivity index (χ3n) is 4.69. The molecule has 3 unspecified atom stereocenters. The van der Waals surface area contributed by atoms with Crippen LogP contribution in [0.3, 0.4) is 0 Å². The van der Waals surface area contributed by atoms with E-state index in [1.165, 1.54) is 0 Å². The number of fused-ring (bicyclic) bond motifs is 1. The number of hydrogen-bond donors (Lipinski definition) is 1. The van der Waals surface area contributed by atoms with E-state index in [1.54, 1.807) is 18.2 Å². The van der Waals surface area contributed by atoms with E-state index in [0.29, 0.717) is 36.4 Å². The molecular weight excluding hydrogens is 278 g/mol. The lowest BCUT2D eigenvalue weighted by molar-refractivity contribution is 0.260. The van der Waals surface area contributed by atoms with Gasteiger partial charge in [-0.1, -0.05) is 11.6 Å². The molecule has 3 atom stereocenters. The van der Waals surface area contributed by atoms with Crippen molar-refractivity contribution in [2.75, 3.05) is 13.1 Å². The molecule has 0 bridgehead atoms. The van der Waals surface area contributed by atoms with E-state index in [2.05, 4.69) is 5.16 Å². The Morgan fingerprint density at radius 3 is 2.65 bits per heavy atom. The molecule has 6 nitrogen and oxygen atoms in total. The quantitative estimate of drug-likeness (QED) is 0.881. The second-order valence-corrected chi connectivity index (χ2v) is 7.87. The molecular formula is C13H21N3O3S. The van der Waals surface area contributed by atoms with E-state index in [9.17, 15) is 8.42 Å². The van der Waals surface area contributed by atoms with Gasteiger partial charge in [0, 0.05) is 19.1 Å². The van der Waals surface area contributed by atoms with Crippen molar-refractivity contribution in [3.63, 3.8) is 0 Å². The van der Waals surface area contributed by atoms with Crippen molar-refractivity contribution >= 4 is 10.0 Å². The highest BCUT2D eigenvalue weighted by molar-refractivity contribution is 7.89. The van der Waals surface area contributed by atoms with Crippen molar-refractivity contribution in [3.8, 4) is 0 Å². The molecule has 2 fully saturated rings. The van der Waals surface area contributed by atoms with E-state index < -0.39 is 10.0 Å². The fourth-order valence-electron chi connectivity index (χ4n) is 3.64. The molecule has 7 heteroatoms. The average molecular weight is 299 g/mol. The van der Waals surface area contributed by atoms with Gasteiger partial charge in [0.05, 0.1) is 0 Å². The topological polar surface area (TPSA) is 89.4 Å². The summed E-state index contributed by atoms with van der Waals surface area (Å²) in [4.78, 5) is 0.227. The first-order valence-electron chi connectivity index (χ1n) is 7.10. The lowest BCUT2D eigenvalue weighted by atomic mass is 9.78. The van der Waals surface area contributed by atoms with Crippen LogP contribution in [0.1, 0.15) is 30.7 Å². The summed E-state index contributed by atoms with van der Waals surface area (Å²) in [6.45, 7) is 4.41. The molecule has 1 saturated heterocycles. The maximum atomic E-state index is 12.8. The van der Waals surface area contributed by atoms with Crippen molar-refractivity contribution in [2.45, 2.75) is 44.0 Å². The van der Waals surface area contributed by atoms with Gasteiger partial charge >= 0.3 is 0 Å². The maximum Gasteiger partial charge on any atom is 0.248 e. The Hall–Kier alpha value is -0.920. The van der Waals surface area contributed by atoms with Crippen LogP contribution in [0.5, 0.6) is 0 Å². The van der Waals surface area contributed by atoms with Crippen LogP contribution in [0.15, 0.2) is 9.42 Å². The van der Waals surface area contributed by atoms with Crippen molar-refractivity contribution in [1.29, 1.82) is 0 Å². The zero-order valence-corrected chi connectivity index (χ0v) is 12.7. The molecule has 1 saturated carbocycles. The van der Waals surface area contributed by atoms with Crippen molar-refractivity contribution in [3.05, 3.63) is 11.5 Å². The normalized spacial score (nSPS) is 31.4. The van der Waals surface area contributed by atoms with Gasteiger partial charge in [-0.05, 0) is 38.5 Å². The predicted octanol–water partition coefficient (Wildman–Crippen LogP) is 1.04. The summed E-state index contributed by atoms with van der Waals surface area (Å²) in [6.07, 6.45) is 3.17. The summed E-state index contributed by atoms with van der Waals surface area (Å²) in [5.41, 5.74) is 6.58. The SMILES string of the molecule is Cc1noc(C)c1S(=O)(=O)N1CC2CCCC(N)C2C1. The van der Waals surface area contributed by atoms with Crippen LogP contribution in [0.2, 0.25) is 0 Å².